The summed E-state index contributed by atoms with van der Waals surface area (Å²) in [7, 11) is 0. The minimum atomic E-state index is -0.0547. The molecule has 4 aromatic carbocycles. The zero-order valence-electron chi connectivity index (χ0n) is 24.3. The summed E-state index contributed by atoms with van der Waals surface area (Å²) < 4.78 is 4.88. The van der Waals surface area contributed by atoms with Crippen molar-refractivity contribution in [2.45, 2.75) is 65.7 Å². The van der Waals surface area contributed by atoms with Crippen molar-refractivity contribution < 1.29 is 4.79 Å². The van der Waals surface area contributed by atoms with Crippen molar-refractivity contribution in [2.24, 2.45) is 0 Å². The molecule has 0 bridgehead atoms. The van der Waals surface area contributed by atoms with Crippen LogP contribution in [0.4, 0.5) is 0 Å². The highest BCUT2D eigenvalue weighted by Gasteiger charge is 2.17. The minimum absolute atomic E-state index is 0.0547. The van der Waals surface area contributed by atoms with Crippen molar-refractivity contribution in [3.8, 4) is 0 Å². The molecule has 1 amide bonds. The van der Waals surface area contributed by atoms with Crippen LogP contribution in [0.3, 0.4) is 0 Å². The highest BCUT2D eigenvalue weighted by Crippen LogP contribution is 2.32. The summed E-state index contributed by atoms with van der Waals surface area (Å²) in [6.45, 7) is 11.4. The Morgan fingerprint density at radius 1 is 0.659 bits per heavy atom. The number of unbranched alkanes of at least 4 members (excludes halogenated alkanes) is 2. The van der Waals surface area contributed by atoms with E-state index in [1.54, 1.807) is 0 Å². The number of aromatic nitrogens is 2. The summed E-state index contributed by atoms with van der Waals surface area (Å²) in [5.74, 6) is -0.0547. The summed E-state index contributed by atoms with van der Waals surface area (Å²) in [5.41, 5.74) is 7.33. The molecule has 0 atom stereocenters. The first-order chi connectivity index (χ1) is 20.1. The smallest absolute Gasteiger partial charge is 0.246 e. The fourth-order valence-corrected chi connectivity index (χ4v) is 6.29. The van der Waals surface area contributed by atoms with E-state index in [4.69, 9.17) is 0 Å². The Morgan fingerprint density at radius 2 is 1.10 bits per heavy atom. The topological polar surface area (TPSA) is 30.2 Å². The molecule has 208 valence electrons. The zero-order valence-corrected chi connectivity index (χ0v) is 24.3. The van der Waals surface area contributed by atoms with Crippen LogP contribution in [-0.4, -0.2) is 19.9 Å². The molecule has 0 saturated carbocycles. The Hall–Kier alpha value is -4.31. The van der Waals surface area contributed by atoms with Gasteiger partial charge in [0.05, 0.1) is 0 Å². The van der Waals surface area contributed by atoms with Crippen LogP contribution in [0.15, 0.2) is 97.6 Å². The fourth-order valence-electron chi connectivity index (χ4n) is 6.29. The molecule has 0 spiro atoms. The number of amides is 1. The van der Waals surface area contributed by atoms with Gasteiger partial charge in [0.2, 0.25) is 5.91 Å². The first-order valence-corrected chi connectivity index (χ1v) is 15.0. The van der Waals surface area contributed by atoms with Crippen LogP contribution in [0, 0.1) is 0 Å². The molecule has 41 heavy (non-hydrogen) atoms. The Balaban J connectivity index is 1.34. The molecule has 0 radical (unpaired) electrons. The SMILES string of the molecule is C=CC(=O)N(Cc1ccc2c(c1)c1ccccc1n2CCCC)Cc1ccc2c(c1)c1ccccc1n2CCCC. The van der Waals surface area contributed by atoms with E-state index < -0.39 is 0 Å². The molecule has 0 saturated heterocycles. The second-order valence-electron chi connectivity index (χ2n) is 11.1. The number of aryl methyl sites for hydroxylation is 2. The van der Waals surface area contributed by atoms with Crippen LogP contribution in [0.5, 0.6) is 0 Å². The van der Waals surface area contributed by atoms with Crippen LogP contribution in [0.2, 0.25) is 0 Å². The molecule has 2 heterocycles. The quantitative estimate of drug-likeness (QED) is 0.150. The lowest BCUT2D eigenvalue weighted by atomic mass is 10.1. The highest BCUT2D eigenvalue weighted by atomic mass is 16.2. The second-order valence-corrected chi connectivity index (χ2v) is 11.1. The lowest BCUT2D eigenvalue weighted by Crippen LogP contribution is -2.28. The average molecular weight is 542 g/mol. The predicted molar refractivity (Wildman–Crippen MR) is 173 cm³/mol. The van der Waals surface area contributed by atoms with Gasteiger partial charge in [0.1, 0.15) is 0 Å². The van der Waals surface area contributed by atoms with Gasteiger partial charge in [-0.2, -0.15) is 0 Å². The monoisotopic (exact) mass is 541 g/mol. The molecule has 0 unspecified atom stereocenters. The number of nitrogens with zero attached hydrogens (tertiary/aromatic N) is 3. The third kappa shape index (κ3) is 5.04. The van der Waals surface area contributed by atoms with Gasteiger partial charge < -0.3 is 14.0 Å². The largest absolute Gasteiger partial charge is 0.340 e. The van der Waals surface area contributed by atoms with Crippen LogP contribution in [0.25, 0.3) is 43.6 Å². The maximum atomic E-state index is 13.1. The molecule has 6 rings (SSSR count). The molecular formula is C37H39N3O. The molecular weight excluding hydrogens is 502 g/mol. The van der Waals surface area contributed by atoms with E-state index in [-0.39, 0.29) is 5.91 Å². The predicted octanol–water partition coefficient (Wildman–Crippen LogP) is 9.22. The molecule has 0 aliphatic carbocycles. The lowest BCUT2D eigenvalue weighted by Gasteiger charge is -2.22. The third-order valence-corrected chi connectivity index (χ3v) is 8.38. The molecule has 0 aliphatic heterocycles. The van der Waals surface area contributed by atoms with Gasteiger partial charge >= 0.3 is 0 Å². The first kappa shape index (κ1) is 26.9. The van der Waals surface area contributed by atoms with E-state index in [9.17, 15) is 4.79 Å². The lowest BCUT2D eigenvalue weighted by molar-refractivity contribution is -0.127. The number of hydrogen-bond donors (Lipinski definition) is 0. The Kier molecular flexibility index (Phi) is 7.65. The highest BCUT2D eigenvalue weighted by molar-refractivity contribution is 6.09. The summed E-state index contributed by atoms with van der Waals surface area (Å²) in [6, 6.07) is 30.7. The van der Waals surface area contributed by atoms with E-state index in [2.05, 4.69) is 114 Å². The Morgan fingerprint density at radius 3 is 1.54 bits per heavy atom. The van der Waals surface area contributed by atoms with Crippen molar-refractivity contribution in [2.75, 3.05) is 0 Å². The third-order valence-electron chi connectivity index (χ3n) is 8.38. The minimum Gasteiger partial charge on any atom is -0.340 e. The van der Waals surface area contributed by atoms with Crippen molar-refractivity contribution >= 4 is 49.5 Å². The number of hydrogen-bond acceptors (Lipinski definition) is 1. The van der Waals surface area contributed by atoms with E-state index >= 15 is 0 Å². The number of benzene rings is 4. The van der Waals surface area contributed by atoms with E-state index in [0.29, 0.717) is 13.1 Å². The summed E-state index contributed by atoms with van der Waals surface area (Å²) in [6.07, 6.45) is 6.06. The van der Waals surface area contributed by atoms with Gasteiger partial charge in [-0.15, -0.1) is 0 Å². The maximum Gasteiger partial charge on any atom is 0.246 e. The van der Waals surface area contributed by atoms with Crippen LogP contribution in [0.1, 0.15) is 50.7 Å². The molecule has 0 N–H and O–H groups in total. The molecule has 4 heteroatoms. The first-order valence-electron chi connectivity index (χ1n) is 15.0. The van der Waals surface area contributed by atoms with E-state index in [1.807, 2.05) is 4.90 Å². The Bertz CT molecular complexity index is 1740. The maximum absolute atomic E-state index is 13.1. The second kappa shape index (κ2) is 11.7. The summed E-state index contributed by atoms with van der Waals surface area (Å²) in [5, 5.41) is 5.04. The fraction of sp³-hybridized carbons (Fsp3) is 0.270. The summed E-state index contributed by atoms with van der Waals surface area (Å²) >= 11 is 0. The van der Waals surface area contributed by atoms with Crippen LogP contribution < -0.4 is 0 Å². The van der Waals surface area contributed by atoms with Crippen molar-refractivity contribution in [1.29, 1.82) is 0 Å². The van der Waals surface area contributed by atoms with Gasteiger partial charge in [-0.3, -0.25) is 4.79 Å². The van der Waals surface area contributed by atoms with Gasteiger partial charge in [-0.05, 0) is 66.4 Å². The van der Waals surface area contributed by atoms with Gasteiger partial charge in [-0.1, -0.05) is 81.8 Å². The van der Waals surface area contributed by atoms with Gasteiger partial charge in [0.25, 0.3) is 0 Å². The number of carbonyl (C=O) groups is 1. The van der Waals surface area contributed by atoms with Gasteiger partial charge in [0, 0.05) is 69.8 Å². The van der Waals surface area contributed by atoms with Gasteiger partial charge in [0.15, 0.2) is 0 Å². The zero-order chi connectivity index (χ0) is 28.3. The number of carbonyl (C=O) groups excluding carboxylic acids is 1. The van der Waals surface area contributed by atoms with Crippen molar-refractivity contribution in [1.82, 2.24) is 14.0 Å². The number of fused-ring (bicyclic) bond motifs is 6. The average Bonchev–Trinajstić information content (AvgIpc) is 3.49. The molecule has 0 aliphatic rings. The summed E-state index contributed by atoms with van der Waals surface area (Å²) in [4.78, 5) is 15.0. The number of rotatable bonds is 11. The molecule has 6 aromatic rings. The molecule has 0 fully saturated rings. The van der Waals surface area contributed by atoms with Crippen LogP contribution in [-0.2, 0) is 31.0 Å². The van der Waals surface area contributed by atoms with Crippen molar-refractivity contribution in [3.63, 3.8) is 0 Å². The number of para-hydroxylation sites is 2. The van der Waals surface area contributed by atoms with E-state index in [0.717, 1.165) is 49.9 Å². The van der Waals surface area contributed by atoms with E-state index in [1.165, 1.54) is 49.7 Å². The molecule has 2 aromatic heterocycles. The Labute approximate surface area is 242 Å². The van der Waals surface area contributed by atoms with Gasteiger partial charge in [-0.25, -0.2) is 0 Å². The van der Waals surface area contributed by atoms with Crippen LogP contribution >= 0.6 is 0 Å². The molecule has 4 nitrogen and oxygen atoms in total. The standard InChI is InChI=1S/C37H39N3O/c1-4-7-21-39-33-15-11-9-13-29(33)31-23-27(17-19-35(31)39)25-38(37(41)6-3)26-28-18-20-36-32(24-28)30-14-10-12-16-34(30)40(36)22-8-5-2/h6,9-20,23-24H,3-5,7-8,21-22,25-26H2,1-2H3. The normalized spacial score (nSPS) is 11.7. The van der Waals surface area contributed by atoms with Crippen molar-refractivity contribution in [3.05, 3.63) is 109 Å².